The molecular formula is C14H21NO2S. The van der Waals surface area contributed by atoms with Gasteiger partial charge in [0.2, 0.25) is 0 Å². The molecule has 0 spiro atoms. The first-order chi connectivity index (χ1) is 8.42. The first-order valence-corrected chi connectivity index (χ1v) is 8.17. The van der Waals surface area contributed by atoms with Crippen molar-refractivity contribution in [3.8, 4) is 0 Å². The summed E-state index contributed by atoms with van der Waals surface area (Å²) >= 11 is 0. The number of hydrogen-bond acceptors (Lipinski definition) is 3. The van der Waals surface area contributed by atoms with Gasteiger partial charge in [0.15, 0.2) is 9.84 Å². The maximum atomic E-state index is 12.1. The summed E-state index contributed by atoms with van der Waals surface area (Å²) in [6, 6.07) is 5.59. The maximum Gasteiger partial charge on any atom is 0.155 e. The highest BCUT2D eigenvalue weighted by Crippen LogP contribution is 2.29. The Morgan fingerprint density at radius 1 is 1.22 bits per heavy atom. The lowest BCUT2D eigenvalue weighted by Gasteiger charge is -2.28. The van der Waals surface area contributed by atoms with E-state index in [1.54, 1.807) is 0 Å². The minimum atomic E-state index is -3.02. The molecule has 2 rings (SSSR count). The standard InChI is InChI=1S/C14H21NO2S/c1-10-6-7-12(9-11(10)2)14(15)13-5-3-4-8-18(13,16)17/h6-7,9,13-14H,3-5,8,15H2,1-2H3. The Labute approximate surface area is 109 Å². The van der Waals surface area contributed by atoms with E-state index in [9.17, 15) is 8.42 Å². The number of aryl methyl sites for hydroxylation is 2. The second-order valence-electron chi connectivity index (χ2n) is 5.27. The molecule has 0 saturated carbocycles. The number of hydrogen-bond donors (Lipinski definition) is 1. The second kappa shape index (κ2) is 5.02. The lowest BCUT2D eigenvalue weighted by Crippen LogP contribution is -2.37. The number of rotatable bonds is 2. The lowest BCUT2D eigenvalue weighted by molar-refractivity contribution is 0.504. The van der Waals surface area contributed by atoms with Crippen LogP contribution in [0, 0.1) is 13.8 Å². The van der Waals surface area contributed by atoms with Crippen molar-refractivity contribution in [2.24, 2.45) is 5.73 Å². The lowest BCUT2D eigenvalue weighted by atomic mass is 9.97. The molecule has 1 aromatic carbocycles. The third-order valence-electron chi connectivity index (χ3n) is 3.95. The smallest absolute Gasteiger partial charge is 0.155 e. The van der Waals surface area contributed by atoms with Crippen molar-refractivity contribution in [1.82, 2.24) is 0 Å². The van der Waals surface area contributed by atoms with Gasteiger partial charge in [-0.3, -0.25) is 0 Å². The molecule has 18 heavy (non-hydrogen) atoms. The van der Waals surface area contributed by atoms with Crippen LogP contribution < -0.4 is 5.73 Å². The average molecular weight is 267 g/mol. The highest BCUT2D eigenvalue weighted by Gasteiger charge is 2.34. The fraction of sp³-hybridized carbons (Fsp3) is 0.571. The molecule has 1 saturated heterocycles. The Bertz CT molecular complexity index is 537. The van der Waals surface area contributed by atoms with Crippen LogP contribution in [0.1, 0.15) is 42.0 Å². The molecule has 3 nitrogen and oxygen atoms in total. The van der Waals surface area contributed by atoms with E-state index < -0.39 is 21.1 Å². The van der Waals surface area contributed by atoms with E-state index in [1.807, 2.05) is 32.0 Å². The van der Waals surface area contributed by atoms with Crippen LogP contribution in [0.2, 0.25) is 0 Å². The molecule has 4 heteroatoms. The largest absolute Gasteiger partial charge is 0.323 e. The van der Waals surface area contributed by atoms with Gasteiger partial charge in [0.1, 0.15) is 0 Å². The molecule has 0 amide bonds. The summed E-state index contributed by atoms with van der Waals surface area (Å²) in [6.45, 7) is 4.07. The van der Waals surface area contributed by atoms with E-state index in [4.69, 9.17) is 5.73 Å². The fourth-order valence-corrected chi connectivity index (χ4v) is 4.61. The van der Waals surface area contributed by atoms with Gasteiger partial charge in [-0.15, -0.1) is 0 Å². The zero-order chi connectivity index (χ0) is 13.3. The van der Waals surface area contributed by atoms with Gasteiger partial charge in [0.05, 0.1) is 11.0 Å². The second-order valence-corrected chi connectivity index (χ2v) is 7.61. The molecule has 0 bridgehead atoms. The molecule has 2 atom stereocenters. The fourth-order valence-electron chi connectivity index (χ4n) is 2.57. The van der Waals surface area contributed by atoms with Crippen molar-refractivity contribution in [3.05, 3.63) is 34.9 Å². The van der Waals surface area contributed by atoms with Crippen molar-refractivity contribution >= 4 is 9.84 Å². The van der Waals surface area contributed by atoms with Gasteiger partial charge in [0, 0.05) is 6.04 Å². The first kappa shape index (κ1) is 13.6. The third kappa shape index (κ3) is 2.59. The van der Waals surface area contributed by atoms with Crippen LogP contribution in [0.25, 0.3) is 0 Å². The van der Waals surface area contributed by atoms with Gasteiger partial charge < -0.3 is 5.73 Å². The van der Waals surface area contributed by atoms with Crippen LogP contribution in [0.4, 0.5) is 0 Å². The maximum absolute atomic E-state index is 12.1. The van der Waals surface area contributed by atoms with Crippen molar-refractivity contribution < 1.29 is 8.42 Å². The summed E-state index contributed by atoms with van der Waals surface area (Å²) < 4.78 is 24.1. The predicted octanol–water partition coefficient (Wildman–Crippen LogP) is 2.27. The molecule has 2 N–H and O–H groups in total. The molecule has 1 heterocycles. The van der Waals surface area contributed by atoms with Crippen LogP contribution in [0.3, 0.4) is 0 Å². The molecule has 1 aliphatic rings. The number of nitrogens with two attached hydrogens (primary N) is 1. The molecule has 0 aliphatic carbocycles. The van der Waals surface area contributed by atoms with Gasteiger partial charge in [-0.05, 0) is 43.4 Å². The summed E-state index contributed by atoms with van der Waals surface area (Å²) in [7, 11) is -3.02. The summed E-state index contributed by atoms with van der Waals surface area (Å²) in [5.41, 5.74) is 9.49. The van der Waals surface area contributed by atoms with Crippen LogP contribution in [0.15, 0.2) is 18.2 Å². The van der Waals surface area contributed by atoms with E-state index in [1.165, 1.54) is 5.56 Å². The zero-order valence-electron chi connectivity index (χ0n) is 11.0. The molecule has 1 aromatic rings. The van der Waals surface area contributed by atoms with Crippen molar-refractivity contribution in [2.75, 3.05) is 5.75 Å². The highest BCUT2D eigenvalue weighted by atomic mass is 32.2. The van der Waals surface area contributed by atoms with E-state index in [-0.39, 0.29) is 5.75 Å². The number of sulfone groups is 1. The van der Waals surface area contributed by atoms with Crippen LogP contribution in [0.5, 0.6) is 0 Å². The van der Waals surface area contributed by atoms with Crippen LogP contribution >= 0.6 is 0 Å². The monoisotopic (exact) mass is 267 g/mol. The SMILES string of the molecule is Cc1ccc(C(N)C2CCCCS2(=O)=O)cc1C. The highest BCUT2D eigenvalue weighted by molar-refractivity contribution is 7.92. The molecular weight excluding hydrogens is 246 g/mol. The van der Waals surface area contributed by atoms with Crippen LogP contribution in [-0.4, -0.2) is 19.4 Å². The molecule has 0 aromatic heterocycles. The van der Waals surface area contributed by atoms with Gasteiger partial charge in [0.25, 0.3) is 0 Å². The molecule has 1 fully saturated rings. The minimum absolute atomic E-state index is 0.288. The Kier molecular flexibility index (Phi) is 3.78. The Balaban J connectivity index is 2.30. The average Bonchev–Trinajstić information content (AvgIpc) is 2.31. The summed E-state index contributed by atoms with van der Waals surface area (Å²) in [6.07, 6.45) is 2.43. The Hall–Kier alpha value is -0.870. The zero-order valence-corrected chi connectivity index (χ0v) is 11.8. The van der Waals surface area contributed by atoms with Crippen molar-refractivity contribution in [2.45, 2.75) is 44.4 Å². The van der Waals surface area contributed by atoms with E-state index >= 15 is 0 Å². The number of benzene rings is 1. The summed E-state index contributed by atoms with van der Waals surface area (Å²) in [4.78, 5) is 0. The normalized spacial score (nSPS) is 24.7. The van der Waals surface area contributed by atoms with E-state index in [0.717, 1.165) is 24.0 Å². The van der Waals surface area contributed by atoms with E-state index in [2.05, 4.69) is 0 Å². The van der Waals surface area contributed by atoms with Gasteiger partial charge in [-0.2, -0.15) is 0 Å². The van der Waals surface area contributed by atoms with E-state index in [0.29, 0.717) is 6.42 Å². The predicted molar refractivity (Wildman–Crippen MR) is 74.3 cm³/mol. The summed E-state index contributed by atoms with van der Waals surface area (Å²) in [5, 5.41) is -0.409. The third-order valence-corrected chi connectivity index (χ3v) is 6.25. The van der Waals surface area contributed by atoms with Gasteiger partial charge >= 0.3 is 0 Å². The first-order valence-electron chi connectivity index (χ1n) is 6.46. The molecule has 0 radical (unpaired) electrons. The topological polar surface area (TPSA) is 60.2 Å². The Morgan fingerprint density at radius 2 is 1.94 bits per heavy atom. The summed E-state index contributed by atoms with van der Waals surface area (Å²) in [5.74, 6) is 0.288. The van der Waals surface area contributed by atoms with Gasteiger partial charge in [-0.25, -0.2) is 8.42 Å². The minimum Gasteiger partial charge on any atom is -0.323 e. The van der Waals surface area contributed by atoms with Crippen molar-refractivity contribution in [3.63, 3.8) is 0 Å². The Morgan fingerprint density at radius 3 is 2.56 bits per heavy atom. The van der Waals surface area contributed by atoms with Gasteiger partial charge in [-0.1, -0.05) is 24.6 Å². The molecule has 2 unspecified atom stereocenters. The quantitative estimate of drug-likeness (QED) is 0.894. The van der Waals surface area contributed by atoms with Crippen LogP contribution in [-0.2, 0) is 9.84 Å². The molecule has 100 valence electrons. The molecule has 1 aliphatic heterocycles. The van der Waals surface area contributed by atoms with Crippen molar-refractivity contribution in [1.29, 1.82) is 0 Å².